The van der Waals surface area contributed by atoms with Crippen LogP contribution in [0.2, 0.25) is 0 Å². The SMILES string of the molecule is CC(C)(S/C(=N/N)N(Sc1cccnc1)S(C)(=O)=O)C(=O)Nc1ccccc1. The molecule has 1 aromatic heterocycles. The number of sulfonamides is 1. The first kappa shape index (κ1) is 22.1. The van der Waals surface area contributed by atoms with Crippen LogP contribution in [0.1, 0.15) is 13.8 Å². The molecular weight excluding hydrogens is 418 g/mol. The highest BCUT2D eigenvalue weighted by atomic mass is 32.3. The third kappa shape index (κ3) is 6.14. The minimum Gasteiger partial charge on any atom is -0.325 e. The quantitative estimate of drug-likeness (QED) is 0.234. The molecule has 0 atom stereocenters. The summed E-state index contributed by atoms with van der Waals surface area (Å²) in [6.45, 7) is 3.33. The van der Waals surface area contributed by atoms with E-state index in [1.54, 1.807) is 56.4 Å². The Labute approximate surface area is 173 Å². The second kappa shape index (κ2) is 9.30. The molecule has 0 bridgehead atoms. The second-order valence-electron chi connectivity index (χ2n) is 6.11. The average Bonchev–Trinajstić information content (AvgIpc) is 2.65. The van der Waals surface area contributed by atoms with Gasteiger partial charge >= 0.3 is 0 Å². The lowest BCUT2D eigenvalue weighted by Gasteiger charge is -2.27. The van der Waals surface area contributed by atoms with Crippen molar-refractivity contribution in [3.63, 3.8) is 0 Å². The Morgan fingerprint density at radius 1 is 1.21 bits per heavy atom. The summed E-state index contributed by atoms with van der Waals surface area (Å²) in [6.07, 6.45) is 4.15. The number of amidine groups is 1. The van der Waals surface area contributed by atoms with Gasteiger partial charge in [-0.2, -0.15) is 8.81 Å². The Balaban J connectivity index is 2.22. The molecule has 1 amide bonds. The number of hydrogen-bond acceptors (Lipinski definition) is 8. The van der Waals surface area contributed by atoms with Gasteiger partial charge in [0, 0.05) is 34.9 Å². The van der Waals surface area contributed by atoms with Gasteiger partial charge in [-0.3, -0.25) is 9.78 Å². The van der Waals surface area contributed by atoms with Crippen molar-refractivity contribution in [1.29, 1.82) is 0 Å². The minimum atomic E-state index is -3.73. The summed E-state index contributed by atoms with van der Waals surface area (Å²) < 4.78 is 24.6. The van der Waals surface area contributed by atoms with Gasteiger partial charge in [0.15, 0.2) is 0 Å². The van der Waals surface area contributed by atoms with Crippen LogP contribution in [-0.2, 0) is 14.8 Å². The average molecular weight is 440 g/mol. The van der Waals surface area contributed by atoms with Crippen molar-refractivity contribution in [2.75, 3.05) is 11.6 Å². The maximum Gasteiger partial charge on any atom is 0.243 e. The summed E-state index contributed by atoms with van der Waals surface area (Å²) in [4.78, 5) is 17.3. The van der Waals surface area contributed by atoms with Crippen molar-refractivity contribution >= 4 is 50.5 Å². The van der Waals surface area contributed by atoms with Crippen molar-refractivity contribution in [1.82, 2.24) is 8.69 Å². The number of hydrogen-bond donors (Lipinski definition) is 2. The molecule has 150 valence electrons. The van der Waals surface area contributed by atoms with Gasteiger partial charge in [-0.25, -0.2) is 8.42 Å². The van der Waals surface area contributed by atoms with E-state index in [0.29, 0.717) is 10.6 Å². The van der Waals surface area contributed by atoms with Crippen molar-refractivity contribution in [3.8, 4) is 0 Å². The van der Waals surface area contributed by atoms with Crippen LogP contribution in [0.3, 0.4) is 0 Å². The van der Waals surface area contributed by atoms with E-state index in [-0.39, 0.29) is 11.1 Å². The molecule has 0 radical (unpaired) electrons. The number of amides is 1. The van der Waals surface area contributed by atoms with Crippen LogP contribution in [0.25, 0.3) is 0 Å². The fraction of sp³-hybridized carbons (Fsp3) is 0.235. The van der Waals surface area contributed by atoms with Crippen LogP contribution in [0.5, 0.6) is 0 Å². The lowest BCUT2D eigenvalue weighted by molar-refractivity contribution is -0.117. The van der Waals surface area contributed by atoms with Crippen molar-refractivity contribution in [3.05, 3.63) is 54.9 Å². The molecule has 1 heterocycles. The first-order valence-corrected chi connectivity index (χ1v) is 11.5. The third-order valence-corrected chi connectivity index (χ3v) is 7.32. The van der Waals surface area contributed by atoms with E-state index in [1.807, 2.05) is 6.07 Å². The van der Waals surface area contributed by atoms with E-state index in [9.17, 15) is 13.2 Å². The molecular formula is C17H21N5O3S3. The van der Waals surface area contributed by atoms with E-state index in [2.05, 4.69) is 15.4 Å². The number of para-hydroxylation sites is 1. The third-order valence-electron chi connectivity index (χ3n) is 3.32. The van der Waals surface area contributed by atoms with Crippen LogP contribution < -0.4 is 11.2 Å². The number of carbonyl (C=O) groups excluding carboxylic acids is 1. The van der Waals surface area contributed by atoms with Gasteiger partial charge in [0.1, 0.15) is 0 Å². The fourth-order valence-electron chi connectivity index (χ4n) is 1.93. The summed E-state index contributed by atoms with van der Waals surface area (Å²) in [5.74, 6) is 5.17. The number of rotatable bonds is 6. The van der Waals surface area contributed by atoms with Crippen LogP contribution >= 0.6 is 23.7 Å². The number of pyridine rings is 1. The lowest BCUT2D eigenvalue weighted by atomic mass is 10.2. The maximum atomic E-state index is 12.7. The van der Waals surface area contributed by atoms with Gasteiger partial charge < -0.3 is 11.2 Å². The number of nitrogens with zero attached hydrogens (tertiary/aromatic N) is 3. The van der Waals surface area contributed by atoms with E-state index >= 15 is 0 Å². The van der Waals surface area contributed by atoms with Crippen LogP contribution in [0.4, 0.5) is 5.69 Å². The number of anilines is 1. The first-order chi connectivity index (χ1) is 13.1. The molecule has 2 aromatic rings. The van der Waals surface area contributed by atoms with Gasteiger partial charge in [0.2, 0.25) is 21.1 Å². The Bertz CT molecular complexity index is 935. The molecule has 1 aromatic carbocycles. The second-order valence-corrected chi connectivity index (χ2v) is 10.8. The van der Waals surface area contributed by atoms with E-state index in [1.165, 1.54) is 6.20 Å². The van der Waals surface area contributed by atoms with Gasteiger partial charge in [-0.05, 0) is 38.1 Å². The highest BCUT2D eigenvalue weighted by Gasteiger charge is 2.35. The van der Waals surface area contributed by atoms with Crippen LogP contribution in [0, 0.1) is 0 Å². The van der Waals surface area contributed by atoms with Gasteiger partial charge in [0.05, 0.1) is 11.0 Å². The predicted molar refractivity (Wildman–Crippen MR) is 115 cm³/mol. The molecule has 0 saturated carbocycles. The minimum absolute atomic E-state index is 0.0236. The molecule has 8 nitrogen and oxygen atoms in total. The number of benzene rings is 1. The summed E-state index contributed by atoms with van der Waals surface area (Å²) in [6, 6.07) is 12.4. The van der Waals surface area contributed by atoms with Crippen molar-refractivity contribution in [2.45, 2.75) is 23.5 Å². The number of carbonyl (C=O) groups is 1. The Morgan fingerprint density at radius 3 is 2.43 bits per heavy atom. The molecule has 0 saturated heterocycles. The van der Waals surface area contributed by atoms with Crippen molar-refractivity contribution in [2.24, 2.45) is 10.9 Å². The molecule has 0 spiro atoms. The standard InChI is InChI=1S/C17H21N5O3S3/c1-17(2,15(23)20-13-8-5-4-6-9-13)26-16(21-18)22(28(3,24)25)27-14-10-7-11-19-12-14/h4-12H,18H2,1-3H3,(H,20,23)/b21-16+. The highest BCUT2D eigenvalue weighted by molar-refractivity contribution is 8.19. The van der Waals surface area contributed by atoms with Gasteiger partial charge in [0.25, 0.3) is 0 Å². The zero-order chi connectivity index (χ0) is 20.8. The van der Waals surface area contributed by atoms with E-state index in [4.69, 9.17) is 5.84 Å². The van der Waals surface area contributed by atoms with Gasteiger partial charge in [-0.1, -0.05) is 30.0 Å². The molecule has 2 rings (SSSR count). The topological polar surface area (TPSA) is 118 Å². The molecule has 0 aliphatic rings. The van der Waals surface area contributed by atoms with Crippen LogP contribution in [0.15, 0.2) is 64.9 Å². The maximum absolute atomic E-state index is 12.7. The summed E-state index contributed by atoms with van der Waals surface area (Å²) in [7, 11) is -3.73. The summed E-state index contributed by atoms with van der Waals surface area (Å²) in [5.41, 5.74) is 0.636. The number of thioether (sulfide) groups is 1. The largest absolute Gasteiger partial charge is 0.325 e. The fourth-order valence-corrected chi connectivity index (χ4v) is 5.10. The molecule has 0 aliphatic carbocycles. The van der Waals surface area contributed by atoms with E-state index in [0.717, 1.165) is 33.7 Å². The molecule has 0 unspecified atom stereocenters. The molecule has 28 heavy (non-hydrogen) atoms. The van der Waals surface area contributed by atoms with E-state index < -0.39 is 14.8 Å². The number of nitrogens with one attached hydrogen (secondary N) is 1. The summed E-state index contributed by atoms with van der Waals surface area (Å²) >= 11 is 1.85. The lowest BCUT2D eigenvalue weighted by Crippen LogP contribution is -2.39. The number of nitrogens with two attached hydrogens (primary N) is 1. The predicted octanol–water partition coefficient (Wildman–Crippen LogP) is 2.73. The zero-order valence-corrected chi connectivity index (χ0v) is 18.0. The molecule has 11 heteroatoms. The number of aromatic nitrogens is 1. The van der Waals surface area contributed by atoms with Crippen LogP contribution in [-0.4, -0.2) is 39.2 Å². The van der Waals surface area contributed by atoms with Gasteiger partial charge in [-0.15, -0.1) is 0 Å². The smallest absolute Gasteiger partial charge is 0.243 e. The zero-order valence-electron chi connectivity index (χ0n) is 15.6. The normalized spacial score (nSPS) is 12.5. The summed E-state index contributed by atoms with van der Waals surface area (Å²) in [5, 5.41) is 6.41. The first-order valence-electron chi connectivity index (χ1n) is 8.05. The Kier molecular flexibility index (Phi) is 7.33. The number of hydrazone groups is 1. The highest BCUT2D eigenvalue weighted by Crippen LogP contribution is 2.34. The Hall–Kier alpha value is -2.24. The molecule has 0 fully saturated rings. The molecule has 3 N–H and O–H groups in total. The monoisotopic (exact) mass is 439 g/mol. The molecule has 0 aliphatic heterocycles. The Morgan fingerprint density at radius 2 is 1.89 bits per heavy atom. The van der Waals surface area contributed by atoms with Crippen molar-refractivity contribution < 1.29 is 13.2 Å².